The quantitative estimate of drug-likeness (QED) is 0.443. The summed E-state index contributed by atoms with van der Waals surface area (Å²) < 4.78 is 21.3. The number of amides is 1. The second-order valence-corrected chi connectivity index (χ2v) is 7.59. The Kier molecular flexibility index (Phi) is 5.98. The van der Waals surface area contributed by atoms with Crippen LogP contribution in [-0.2, 0) is 0 Å². The SMILES string of the molecule is Cc1ccccc1-c1nc(OC(C)C)nn1-c1ccc(NC(=O)c2ccccc2F)cc1. The van der Waals surface area contributed by atoms with E-state index in [1.807, 2.05) is 57.2 Å². The maximum atomic E-state index is 13.9. The van der Waals surface area contributed by atoms with Crippen LogP contribution in [-0.4, -0.2) is 26.8 Å². The molecule has 6 nitrogen and oxygen atoms in total. The Bertz CT molecular complexity index is 1250. The molecule has 0 atom stereocenters. The normalized spacial score (nSPS) is 10.9. The Balaban J connectivity index is 1.65. The molecule has 4 aromatic rings. The monoisotopic (exact) mass is 430 g/mol. The number of carbonyl (C=O) groups is 1. The van der Waals surface area contributed by atoms with Crippen LogP contribution in [0.25, 0.3) is 17.1 Å². The van der Waals surface area contributed by atoms with E-state index in [4.69, 9.17) is 4.74 Å². The Hall–Kier alpha value is -4.00. The van der Waals surface area contributed by atoms with Gasteiger partial charge >= 0.3 is 6.01 Å². The molecule has 0 fully saturated rings. The molecule has 0 aliphatic carbocycles. The average molecular weight is 430 g/mol. The summed E-state index contributed by atoms with van der Waals surface area (Å²) >= 11 is 0. The van der Waals surface area contributed by atoms with Gasteiger partial charge in [0.05, 0.1) is 17.4 Å². The van der Waals surface area contributed by atoms with Crippen molar-refractivity contribution in [3.63, 3.8) is 0 Å². The maximum Gasteiger partial charge on any atom is 0.336 e. The Labute approximate surface area is 185 Å². The average Bonchev–Trinajstić information content (AvgIpc) is 3.17. The predicted octanol–water partition coefficient (Wildman–Crippen LogP) is 5.42. The van der Waals surface area contributed by atoms with E-state index in [0.717, 1.165) is 16.8 Å². The highest BCUT2D eigenvalue weighted by molar-refractivity contribution is 6.04. The molecule has 0 saturated heterocycles. The molecule has 0 aliphatic heterocycles. The second kappa shape index (κ2) is 9.01. The third-order valence-corrected chi connectivity index (χ3v) is 4.80. The molecule has 1 heterocycles. The highest BCUT2D eigenvalue weighted by Gasteiger charge is 2.17. The summed E-state index contributed by atoms with van der Waals surface area (Å²) in [5.41, 5.74) is 3.28. The van der Waals surface area contributed by atoms with Crippen LogP contribution in [0.4, 0.5) is 10.1 Å². The Morgan fingerprint density at radius 2 is 1.69 bits per heavy atom. The number of nitrogens with one attached hydrogen (secondary N) is 1. The van der Waals surface area contributed by atoms with Crippen LogP contribution >= 0.6 is 0 Å². The van der Waals surface area contributed by atoms with Crippen LogP contribution in [0.2, 0.25) is 0 Å². The van der Waals surface area contributed by atoms with Gasteiger partial charge in [-0.1, -0.05) is 36.4 Å². The van der Waals surface area contributed by atoms with Gasteiger partial charge in [0.2, 0.25) is 0 Å². The van der Waals surface area contributed by atoms with Crippen LogP contribution in [0.1, 0.15) is 29.8 Å². The molecule has 1 N–H and O–H groups in total. The van der Waals surface area contributed by atoms with Crippen molar-refractivity contribution in [2.24, 2.45) is 0 Å². The van der Waals surface area contributed by atoms with E-state index in [-0.39, 0.29) is 17.7 Å². The molecule has 0 saturated carbocycles. The summed E-state index contributed by atoms with van der Waals surface area (Å²) in [5, 5.41) is 7.25. The lowest BCUT2D eigenvalue weighted by Gasteiger charge is -2.10. The van der Waals surface area contributed by atoms with Gasteiger partial charge in [-0.2, -0.15) is 4.98 Å². The van der Waals surface area contributed by atoms with E-state index in [2.05, 4.69) is 15.4 Å². The fourth-order valence-electron chi connectivity index (χ4n) is 3.26. The van der Waals surface area contributed by atoms with Gasteiger partial charge in [0.25, 0.3) is 5.91 Å². The molecule has 0 radical (unpaired) electrons. The van der Waals surface area contributed by atoms with Gasteiger partial charge in [0.1, 0.15) is 5.82 Å². The molecule has 0 unspecified atom stereocenters. The van der Waals surface area contributed by atoms with Crippen molar-refractivity contribution in [3.05, 3.63) is 89.7 Å². The molecule has 0 bridgehead atoms. The van der Waals surface area contributed by atoms with Gasteiger partial charge in [0, 0.05) is 11.3 Å². The summed E-state index contributed by atoms with van der Waals surface area (Å²) in [5.74, 6) is -0.420. The van der Waals surface area contributed by atoms with Crippen LogP contribution in [0.5, 0.6) is 6.01 Å². The molecule has 7 heteroatoms. The molecule has 3 aromatic carbocycles. The summed E-state index contributed by atoms with van der Waals surface area (Å²) in [7, 11) is 0. The highest BCUT2D eigenvalue weighted by atomic mass is 19.1. The zero-order valence-corrected chi connectivity index (χ0v) is 18.0. The lowest BCUT2D eigenvalue weighted by atomic mass is 10.1. The van der Waals surface area contributed by atoms with Gasteiger partial charge in [0.15, 0.2) is 5.82 Å². The van der Waals surface area contributed by atoms with E-state index >= 15 is 0 Å². The molecule has 32 heavy (non-hydrogen) atoms. The first kappa shape index (κ1) is 21.2. The van der Waals surface area contributed by atoms with Crippen molar-refractivity contribution in [3.8, 4) is 23.1 Å². The number of carbonyl (C=O) groups excluding carboxylic acids is 1. The number of halogens is 1. The van der Waals surface area contributed by atoms with Crippen molar-refractivity contribution in [1.29, 1.82) is 0 Å². The van der Waals surface area contributed by atoms with Crippen molar-refractivity contribution in [2.75, 3.05) is 5.32 Å². The zero-order valence-electron chi connectivity index (χ0n) is 18.0. The van der Waals surface area contributed by atoms with Gasteiger partial charge in [-0.05, 0) is 62.7 Å². The smallest absolute Gasteiger partial charge is 0.336 e. The van der Waals surface area contributed by atoms with Gasteiger partial charge in [-0.3, -0.25) is 4.79 Å². The Morgan fingerprint density at radius 3 is 2.38 bits per heavy atom. The summed E-state index contributed by atoms with van der Waals surface area (Å²) in [6, 6.07) is 21.2. The first-order chi connectivity index (χ1) is 15.4. The third-order valence-electron chi connectivity index (χ3n) is 4.80. The minimum atomic E-state index is -0.565. The first-order valence-corrected chi connectivity index (χ1v) is 10.3. The number of aryl methyl sites for hydroxylation is 1. The van der Waals surface area contributed by atoms with Crippen LogP contribution in [0, 0.1) is 12.7 Å². The second-order valence-electron chi connectivity index (χ2n) is 7.59. The largest absolute Gasteiger partial charge is 0.460 e. The van der Waals surface area contributed by atoms with Gasteiger partial charge in [-0.15, -0.1) is 5.10 Å². The summed E-state index contributed by atoms with van der Waals surface area (Å²) in [4.78, 5) is 17.0. The third kappa shape index (κ3) is 4.51. The zero-order chi connectivity index (χ0) is 22.7. The van der Waals surface area contributed by atoms with Crippen molar-refractivity contribution < 1.29 is 13.9 Å². The number of ether oxygens (including phenoxy) is 1. The molecule has 1 aromatic heterocycles. The van der Waals surface area contributed by atoms with Crippen molar-refractivity contribution >= 4 is 11.6 Å². The van der Waals surface area contributed by atoms with E-state index in [1.165, 1.54) is 12.1 Å². The number of aromatic nitrogens is 3. The fraction of sp³-hybridized carbons (Fsp3) is 0.160. The van der Waals surface area contributed by atoms with E-state index in [9.17, 15) is 9.18 Å². The van der Waals surface area contributed by atoms with Crippen LogP contribution in [0.3, 0.4) is 0 Å². The van der Waals surface area contributed by atoms with Gasteiger partial charge in [-0.25, -0.2) is 9.07 Å². The fourth-order valence-corrected chi connectivity index (χ4v) is 3.26. The van der Waals surface area contributed by atoms with Gasteiger partial charge < -0.3 is 10.1 Å². The number of anilines is 1. The summed E-state index contributed by atoms with van der Waals surface area (Å²) in [6.07, 6.45) is -0.0634. The lowest BCUT2D eigenvalue weighted by Crippen LogP contribution is -2.13. The molecule has 0 aliphatic rings. The Morgan fingerprint density at radius 1 is 1.00 bits per heavy atom. The van der Waals surface area contributed by atoms with Crippen LogP contribution < -0.4 is 10.1 Å². The maximum absolute atomic E-state index is 13.9. The molecular formula is C25H23FN4O2. The van der Waals surface area contributed by atoms with Crippen molar-refractivity contribution in [1.82, 2.24) is 14.8 Å². The highest BCUT2D eigenvalue weighted by Crippen LogP contribution is 2.27. The molecular weight excluding hydrogens is 407 g/mol. The minimum absolute atomic E-state index is 0.00910. The number of hydrogen-bond acceptors (Lipinski definition) is 4. The first-order valence-electron chi connectivity index (χ1n) is 10.3. The molecule has 4 rings (SSSR count). The van der Waals surface area contributed by atoms with Crippen LogP contribution in [0.15, 0.2) is 72.8 Å². The number of nitrogens with zero attached hydrogens (tertiary/aromatic N) is 3. The number of rotatable bonds is 6. The minimum Gasteiger partial charge on any atom is -0.460 e. The van der Waals surface area contributed by atoms with Crippen molar-refractivity contribution in [2.45, 2.75) is 26.9 Å². The lowest BCUT2D eigenvalue weighted by molar-refractivity contribution is 0.102. The summed E-state index contributed by atoms with van der Waals surface area (Å²) in [6.45, 7) is 5.85. The van der Waals surface area contributed by atoms with E-state index in [0.29, 0.717) is 11.5 Å². The molecule has 1 amide bonds. The van der Waals surface area contributed by atoms with E-state index < -0.39 is 11.7 Å². The predicted molar refractivity (Wildman–Crippen MR) is 122 cm³/mol. The van der Waals surface area contributed by atoms with E-state index in [1.54, 1.807) is 28.9 Å². The standard InChI is InChI=1S/C25H23FN4O2/c1-16(2)32-25-28-23(20-9-5-4-8-17(20)3)30(29-25)19-14-12-18(13-15-19)27-24(31)21-10-6-7-11-22(21)26/h4-16H,1-3H3,(H,27,31). The molecule has 0 spiro atoms. The number of benzene rings is 3. The topological polar surface area (TPSA) is 69.0 Å². The number of hydrogen-bond donors (Lipinski definition) is 1. The molecule has 162 valence electrons.